The monoisotopic (exact) mass is 225 g/mol. The molecule has 1 saturated heterocycles. The molecule has 86 valence electrons. The molecule has 1 fully saturated rings. The van der Waals surface area contributed by atoms with Crippen molar-refractivity contribution in [2.75, 3.05) is 18.4 Å². The van der Waals surface area contributed by atoms with Crippen LogP contribution in [0.25, 0.3) is 0 Å². The number of hydrogen-bond donors (Lipinski definition) is 2. The topological polar surface area (TPSA) is 47.9 Å². The zero-order valence-corrected chi connectivity index (χ0v) is 9.71. The van der Waals surface area contributed by atoms with Crippen LogP contribution in [0.4, 0.5) is 5.69 Å². The number of nitrogens with zero attached hydrogens (tertiary/aromatic N) is 1. The molecule has 1 spiro atoms. The van der Waals surface area contributed by atoms with Crippen molar-refractivity contribution >= 4 is 5.69 Å². The minimum Gasteiger partial charge on any atom is -0.358 e. The molecule has 0 radical (unpaired) electrons. The van der Waals surface area contributed by atoms with Gasteiger partial charge in [0, 0.05) is 16.8 Å². The van der Waals surface area contributed by atoms with Gasteiger partial charge >= 0.3 is 0 Å². The van der Waals surface area contributed by atoms with Gasteiger partial charge in [-0.25, -0.2) is 0 Å². The largest absolute Gasteiger partial charge is 0.358 e. The maximum atomic E-state index is 9.02. The zero-order valence-electron chi connectivity index (χ0n) is 9.71. The zero-order chi connectivity index (χ0) is 11.9. The van der Waals surface area contributed by atoms with Crippen LogP contribution < -0.4 is 10.6 Å². The van der Waals surface area contributed by atoms with Gasteiger partial charge in [-0.1, -0.05) is 6.58 Å². The van der Waals surface area contributed by atoms with Crippen molar-refractivity contribution in [1.82, 2.24) is 5.32 Å². The van der Waals surface area contributed by atoms with Crippen LogP contribution >= 0.6 is 0 Å². The lowest BCUT2D eigenvalue weighted by Gasteiger charge is -2.35. The maximum absolute atomic E-state index is 9.02. The van der Waals surface area contributed by atoms with E-state index in [1.54, 1.807) is 0 Å². The predicted molar refractivity (Wildman–Crippen MR) is 67.7 cm³/mol. The summed E-state index contributed by atoms with van der Waals surface area (Å²) in [4.78, 5) is 0. The van der Waals surface area contributed by atoms with Crippen LogP contribution in [0.15, 0.2) is 30.5 Å². The number of benzene rings is 1. The molecule has 0 saturated carbocycles. The highest BCUT2D eigenvalue weighted by Crippen LogP contribution is 2.48. The minimum atomic E-state index is 0.0352. The van der Waals surface area contributed by atoms with Gasteiger partial charge in [0.25, 0.3) is 0 Å². The van der Waals surface area contributed by atoms with Gasteiger partial charge < -0.3 is 10.6 Å². The average molecular weight is 225 g/mol. The lowest BCUT2D eigenvalue weighted by Crippen LogP contribution is -2.39. The third-order valence-electron chi connectivity index (χ3n) is 3.98. The molecule has 17 heavy (non-hydrogen) atoms. The molecule has 0 unspecified atom stereocenters. The Morgan fingerprint density at radius 1 is 1.29 bits per heavy atom. The Bertz CT molecular complexity index is 519. The third-order valence-corrected chi connectivity index (χ3v) is 3.98. The second-order valence-electron chi connectivity index (χ2n) is 4.81. The molecule has 0 aromatic heterocycles. The molecule has 1 aromatic carbocycles. The number of piperidine rings is 1. The molecule has 3 heteroatoms. The van der Waals surface area contributed by atoms with Crippen molar-refractivity contribution in [3.63, 3.8) is 0 Å². The molecule has 2 aliphatic heterocycles. The van der Waals surface area contributed by atoms with E-state index in [0.717, 1.165) is 42.9 Å². The Balaban J connectivity index is 2.14. The van der Waals surface area contributed by atoms with Crippen LogP contribution in [0, 0.1) is 11.3 Å². The smallest absolute Gasteiger partial charge is 0.0991 e. The minimum absolute atomic E-state index is 0.0352. The molecular weight excluding hydrogens is 210 g/mol. The molecule has 3 rings (SSSR count). The van der Waals surface area contributed by atoms with E-state index in [9.17, 15) is 0 Å². The lowest BCUT2D eigenvalue weighted by molar-refractivity contribution is 0.367. The van der Waals surface area contributed by atoms with Crippen LogP contribution in [-0.2, 0) is 5.41 Å². The second-order valence-corrected chi connectivity index (χ2v) is 4.81. The van der Waals surface area contributed by atoms with Gasteiger partial charge in [-0.3, -0.25) is 0 Å². The van der Waals surface area contributed by atoms with Crippen LogP contribution in [0.5, 0.6) is 0 Å². The fraction of sp³-hybridized carbons (Fsp3) is 0.357. The van der Waals surface area contributed by atoms with Crippen molar-refractivity contribution in [3.05, 3.63) is 41.6 Å². The molecule has 3 nitrogen and oxygen atoms in total. The number of allylic oxidation sites excluding steroid dienone is 1. The first-order valence-electron chi connectivity index (χ1n) is 5.98. The third kappa shape index (κ3) is 1.38. The van der Waals surface area contributed by atoms with Crippen molar-refractivity contribution < 1.29 is 0 Å². The predicted octanol–water partition coefficient (Wildman–Crippen LogP) is 2.12. The number of fused-ring (bicyclic) bond motifs is 2. The Labute approximate surface area is 101 Å². The normalized spacial score (nSPS) is 20.8. The SMILES string of the molecule is C=C1Nc2ccc(C#N)cc2C12CCNCC2. The summed E-state index contributed by atoms with van der Waals surface area (Å²) >= 11 is 0. The second kappa shape index (κ2) is 3.61. The molecule has 1 aromatic rings. The summed E-state index contributed by atoms with van der Waals surface area (Å²) in [5.74, 6) is 0. The van der Waals surface area contributed by atoms with Crippen LogP contribution in [0.1, 0.15) is 24.0 Å². The van der Waals surface area contributed by atoms with Gasteiger partial charge in [0.1, 0.15) is 0 Å². The first-order valence-corrected chi connectivity index (χ1v) is 5.98. The summed E-state index contributed by atoms with van der Waals surface area (Å²) in [5, 5.41) is 15.8. The first-order chi connectivity index (χ1) is 8.26. The molecule has 0 aliphatic carbocycles. The Morgan fingerprint density at radius 2 is 2.06 bits per heavy atom. The van der Waals surface area contributed by atoms with Crippen LogP contribution in [0.3, 0.4) is 0 Å². The lowest BCUT2D eigenvalue weighted by atomic mass is 9.72. The highest BCUT2D eigenvalue weighted by atomic mass is 15.0. The van der Waals surface area contributed by atoms with Crippen molar-refractivity contribution in [2.45, 2.75) is 18.3 Å². The quantitative estimate of drug-likeness (QED) is 0.711. The number of anilines is 1. The van der Waals surface area contributed by atoms with E-state index in [4.69, 9.17) is 5.26 Å². The van der Waals surface area contributed by atoms with Gasteiger partial charge in [0.05, 0.1) is 11.6 Å². The van der Waals surface area contributed by atoms with E-state index in [1.165, 1.54) is 5.56 Å². The summed E-state index contributed by atoms with van der Waals surface area (Å²) in [6.07, 6.45) is 2.11. The van der Waals surface area contributed by atoms with E-state index in [1.807, 2.05) is 18.2 Å². The van der Waals surface area contributed by atoms with Crippen molar-refractivity contribution in [2.24, 2.45) is 0 Å². The van der Waals surface area contributed by atoms with E-state index >= 15 is 0 Å². The van der Waals surface area contributed by atoms with E-state index in [-0.39, 0.29) is 5.41 Å². The Morgan fingerprint density at radius 3 is 2.76 bits per heavy atom. The summed E-state index contributed by atoms with van der Waals surface area (Å²) in [7, 11) is 0. The van der Waals surface area contributed by atoms with Gasteiger partial charge in [0.15, 0.2) is 0 Å². The van der Waals surface area contributed by atoms with Crippen LogP contribution in [0.2, 0.25) is 0 Å². The molecule has 2 aliphatic rings. The van der Waals surface area contributed by atoms with Crippen LogP contribution in [-0.4, -0.2) is 13.1 Å². The highest BCUT2D eigenvalue weighted by molar-refractivity contribution is 5.69. The van der Waals surface area contributed by atoms with Crippen molar-refractivity contribution in [1.29, 1.82) is 5.26 Å². The van der Waals surface area contributed by atoms with Gasteiger partial charge in [-0.05, 0) is 49.7 Å². The summed E-state index contributed by atoms with van der Waals surface area (Å²) in [6, 6.07) is 8.10. The summed E-state index contributed by atoms with van der Waals surface area (Å²) in [6.45, 7) is 6.20. The molecule has 0 atom stereocenters. The molecule has 2 heterocycles. The van der Waals surface area contributed by atoms with E-state index in [0.29, 0.717) is 0 Å². The van der Waals surface area contributed by atoms with E-state index in [2.05, 4.69) is 23.3 Å². The first kappa shape index (κ1) is 10.4. The fourth-order valence-electron chi connectivity index (χ4n) is 2.99. The molecule has 0 amide bonds. The number of nitrogens with one attached hydrogen (secondary N) is 2. The molecule has 0 bridgehead atoms. The van der Waals surface area contributed by atoms with Gasteiger partial charge in [-0.15, -0.1) is 0 Å². The Kier molecular flexibility index (Phi) is 2.20. The number of rotatable bonds is 0. The standard InChI is InChI=1S/C14H15N3/c1-10-14(4-6-16-7-5-14)12-8-11(9-15)2-3-13(12)17-10/h2-3,8,16-17H,1,4-7H2. The van der Waals surface area contributed by atoms with Gasteiger partial charge in [0.2, 0.25) is 0 Å². The average Bonchev–Trinajstić information content (AvgIpc) is 2.63. The molecular formula is C14H15N3. The van der Waals surface area contributed by atoms with Crippen molar-refractivity contribution in [3.8, 4) is 6.07 Å². The molecule has 2 N–H and O–H groups in total. The summed E-state index contributed by atoms with van der Waals surface area (Å²) < 4.78 is 0. The summed E-state index contributed by atoms with van der Waals surface area (Å²) in [5.41, 5.74) is 4.23. The highest BCUT2D eigenvalue weighted by Gasteiger charge is 2.42. The van der Waals surface area contributed by atoms with E-state index < -0.39 is 0 Å². The Hall–Kier alpha value is -1.79. The number of nitriles is 1. The van der Waals surface area contributed by atoms with Gasteiger partial charge in [-0.2, -0.15) is 5.26 Å². The fourth-order valence-corrected chi connectivity index (χ4v) is 2.99. The maximum Gasteiger partial charge on any atom is 0.0991 e. The number of hydrogen-bond acceptors (Lipinski definition) is 3.